The van der Waals surface area contributed by atoms with Crippen LogP contribution in [0.2, 0.25) is 0 Å². The van der Waals surface area contributed by atoms with Crippen molar-refractivity contribution in [1.29, 1.82) is 0 Å². The number of nitrogens with two attached hydrogens (primary N) is 1. The fourth-order valence-corrected chi connectivity index (χ4v) is 6.62. The molecule has 6 heteroatoms. The van der Waals surface area contributed by atoms with Crippen LogP contribution < -0.4 is 5.73 Å². The Bertz CT molecular complexity index is 427. The Balaban J connectivity index is 1.92. The fraction of sp³-hybridized carbons (Fsp3) is 0.545. The van der Waals surface area contributed by atoms with Crippen molar-refractivity contribution < 1.29 is 18.0 Å². The molecule has 1 saturated carbocycles. The van der Waals surface area contributed by atoms with Crippen LogP contribution in [0.1, 0.15) is 19.8 Å². The molecule has 2 aliphatic rings. The molecular weight excluding hydrogens is 334 g/mol. The molecule has 0 saturated heterocycles. The van der Waals surface area contributed by atoms with Crippen LogP contribution in [0.4, 0.5) is 13.2 Å². The number of carbonyl (C=O) groups is 1. The third kappa shape index (κ3) is 2.72. The quantitative estimate of drug-likeness (QED) is 0.834. The summed E-state index contributed by atoms with van der Waals surface area (Å²) < 4.78 is 38.0. The van der Waals surface area contributed by atoms with E-state index in [1.54, 1.807) is 6.08 Å². The van der Waals surface area contributed by atoms with E-state index in [-0.39, 0.29) is 20.6 Å². The molecule has 17 heavy (non-hydrogen) atoms. The maximum absolute atomic E-state index is 12.5. The van der Waals surface area contributed by atoms with Gasteiger partial charge in [0.25, 0.3) is 0 Å². The average Bonchev–Trinajstić information content (AvgIpc) is 2.62. The number of hydrogen-bond donors (Lipinski definition) is 1. The van der Waals surface area contributed by atoms with E-state index in [0.717, 1.165) is 3.33 Å². The third-order valence-corrected chi connectivity index (χ3v) is 8.01. The summed E-state index contributed by atoms with van der Waals surface area (Å²) in [6, 6.07) is 0. The van der Waals surface area contributed by atoms with Crippen LogP contribution in [0.25, 0.3) is 0 Å². The molecule has 0 spiro atoms. The van der Waals surface area contributed by atoms with Gasteiger partial charge in [-0.15, -0.1) is 0 Å². The van der Waals surface area contributed by atoms with Crippen molar-refractivity contribution in [1.82, 2.24) is 0 Å². The van der Waals surface area contributed by atoms with Crippen molar-refractivity contribution in [3.8, 4) is 0 Å². The van der Waals surface area contributed by atoms with Gasteiger partial charge in [-0.3, -0.25) is 0 Å². The SMILES string of the molecule is CC1(C[C]2=CC=[C](C(F)(F)F)[In]2)CC1C(N)=O. The number of amides is 1. The zero-order valence-corrected chi connectivity index (χ0v) is 12.6. The van der Waals surface area contributed by atoms with Gasteiger partial charge in [-0.2, -0.15) is 0 Å². The number of primary amides is 1. The summed E-state index contributed by atoms with van der Waals surface area (Å²) in [6.45, 7) is 1.93. The number of halogens is 3. The first-order chi connectivity index (χ1) is 7.72. The van der Waals surface area contributed by atoms with Gasteiger partial charge < -0.3 is 0 Å². The van der Waals surface area contributed by atoms with E-state index >= 15 is 0 Å². The molecule has 91 valence electrons. The average molecular weight is 346 g/mol. The van der Waals surface area contributed by atoms with Crippen LogP contribution in [0.5, 0.6) is 0 Å². The van der Waals surface area contributed by atoms with Gasteiger partial charge in [0.05, 0.1) is 0 Å². The molecule has 1 radical (unpaired) electrons. The third-order valence-electron chi connectivity index (χ3n) is 3.45. The minimum absolute atomic E-state index is 0.152. The molecular formula is C11H12F3InNO. The first-order valence-electron chi connectivity index (χ1n) is 5.34. The van der Waals surface area contributed by atoms with Crippen LogP contribution in [0.3, 0.4) is 0 Å². The number of hydrogen-bond acceptors (Lipinski definition) is 1. The monoisotopic (exact) mass is 346 g/mol. The number of allylic oxidation sites excluding steroid dienone is 4. The summed E-state index contributed by atoms with van der Waals surface area (Å²) in [4.78, 5) is 11.0. The summed E-state index contributed by atoms with van der Waals surface area (Å²) in [5, 5.41) is 0. The van der Waals surface area contributed by atoms with Gasteiger partial charge in [-0.25, -0.2) is 0 Å². The second-order valence-corrected chi connectivity index (χ2v) is 9.71. The molecule has 0 aromatic rings. The molecule has 1 heterocycles. The zero-order chi connectivity index (χ0) is 12.8. The fourth-order valence-electron chi connectivity index (χ4n) is 2.29. The second kappa shape index (κ2) is 4.07. The van der Waals surface area contributed by atoms with Crippen molar-refractivity contribution in [3.05, 3.63) is 18.8 Å². The summed E-state index contributed by atoms with van der Waals surface area (Å²) in [7, 11) is 0. The van der Waals surface area contributed by atoms with Gasteiger partial charge in [0.2, 0.25) is 0 Å². The molecule has 1 aliphatic heterocycles. The maximum atomic E-state index is 12.5. The number of alkyl halides is 3. The molecule has 1 fully saturated rings. The van der Waals surface area contributed by atoms with Gasteiger partial charge in [-0.05, 0) is 0 Å². The molecule has 2 unspecified atom stereocenters. The topological polar surface area (TPSA) is 43.1 Å². The van der Waals surface area contributed by atoms with E-state index in [1.807, 2.05) is 6.92 Å². The van der Waals surface area contributed by atoms with Crippen LogP contribution >= 0.6 is 0 Å². The molecule has 0 aromatic heterocycles. The van der Waals surface area contributed by atoms with Crippen molar-refractivity contribution in [2.45, 2.75) is 25.9 Å². The Morgan fingerprint density at radius 2 is 2.24 bits per heavy atom. The van der Waals surface area contributed by atoms with Gasteiger partial charge in [0.15, 0.2) is 0 Å². The number of rotatable bonds is 3. The Morgan fingerprint density at radius 1 is 1.59 bits per heavy atom. The Morgan fingerprint density at radius 3 is 2.65 bits per heavy atom. The summed E-state index contributed by atoms with van der Waals surface area (Å²) in [6.07, 6.45) is -0.0264. The normalized spacial score (nSPS) is 31.6. The Hall–Kier alpha value is -0.390. The van der Waals surface area contributed by atoms with E-state index < -0.39 is 29.1 Å². The molecule has 2 rings (SSSR count). The van der Waals surface area contributed by atoms with Gasteiger partial charge in [0, 0.05) is 0 Å². The molecule has 2 N–H and O–H groups in total. The molecule has 1 aliphatic carbocycles. The van der Waals surface area contributed by atoms with Crippen molar-refractivity contribution in [2.75, 3.05) is 0 Å². The van der Waals surface area contributed by atoms with Crippen LogP contribution in [-0.4, -0.2) is 35.0 Å². The van der Waals surface area contributed by atoms with E-state index in [0.29, 0.717) is 12.8 Å². The van der Waals surface area contributed by atoms with Gasteiger partial charge in [-0.1, -0.05) is 0 Å². The number of carbonyl (C=O) groups excluding carboxylic acids is 1. The first-order valence-corrected chi connectivity index (χ1v) is 8.64. The van der Waals surface area contributed by atoms with E-state index in [4.69, 9.17) is 5.73 Å². The van der Waals surface area contributed by atoms with Gasteiger partial charge in [0.1, 0.15) is 0 Å². The van der Waals surface area contributed by atoms with Crippen LogP contribution in [0.15, 0.2) is 18.8 Å². The van der Waals surface area contributed by atoms with Crippen LogP contribution in [-0.2, 0) is 4.79 Å². The Labute approximate surface area is 108 Å². The van der Waals surface area contributed by atoms with E-state index in [9.17, 15) is 18.0 Å². The first kappa shape index (κ1) is 13.1. The van der Waals surface area contributed by atoms with E-state index in [2.05, 4.69) is 0 Å². The van der Waals surface area contributed by atoms with E-state index in [1.165, 1.54) is 6.08 Å². The Kier molecular flexibility index (Phi) is 3.13. The predicted molar refractivity (Wildman–Crippen MR) is 58.0 cm³/mol. The standard InChI is InChI=1S/C11H12F3NO.In/c1-10(7-8(10)9(15)16)5-3-2-4-6-11(12,13)14;/h2,4,8H,5,7H2,1H3,(H2,15,16);. The predicted octanol–water partition coefficient (Wildman–Crippen LogP) is 1.94. The molecule has 2 atom stereocenters. The van der Waals surface area contributed by atoms with Crippen molar-refractivity contribution in [2.24, 2.45) is 17.1 Å². The van der Waals surface area contributed by atoms with Crippen molar-refractivity contribution >= 4 is 28.8 Å². The summed E-state index contributed by atoms with van der Waals surface area (Å²) in [5.74, 6) is -0.482. The molecule has 0 aromatic carbocycles. The van der Waals surface area contributed by atoms with Crippen LogP contribution in [0, 0.1) is 11.3 Å². The second-order valence-electron chi connectivity index (χ2n) is 5.00. The molecule has 0 bridgehead atoms. The van der Waals surface area contributed by atoms with Gasteiger partial charge >= 0.3 is 109 Å². The minimum atomic E-state index is -4.16. The summed E-state index contributed by atoms with van der Waals surface area (Å²) >= 11 is -1.86. The molecule has 1 amide bonds. The van der Waals surface area contributed by atoms with Crippen molar-refractivity contribution in [3.63, 3.8) is 0 Å². The zero-order valence-electron chi connectivity index (χ0n) is 9.34. The summed E-state index contributed by atoms with van der Waals surface area (Å²) in [5.41, 5.74) is 5.03. The molecule has 2 nitrogen and oxygen atoms in total.